The lowest BCUT2D eigenvalue weighted by Crippen LogP contribution is -2.52. The van der Waals surface area contributed by atoms with Crippen molar-refractivity contribution in [2.45, 2.75) is 32.7 Å². The van der Waals surface area contributed by atoms with Gasteiger partial charge in [0.1, 0.15) is 0 Å². The van der Waals surface area contributed by atoms with E-state index in [1.807, 2.05) is 0 Å². The molecule has 0 saturated carbocycles. The number of likely N-dealkylation sites (tertiary alicyclic amines) is 1. The minimum atomic E-state index is -3.41. The predicted molar refractivity (Wildman–Crippen MR) is 73.6 cm³/mol. The van der Waals surface area contributed by atoms with E-state index in [0.717, 1.165) is 4.31 Å². The summed E-state index contributed by atoms with van der Waals surface area (Å²) in [6, 6.07) is -0.411. The van der Waals surface area contributed by atoms with Crippen LogP contribution in [0.5, 0.6) is 0 Å². The molecule has 1 amide bonds. The van der Waals surface area contributed by atoms with Crippen molar-refractivity contribution in [3.05, 3.63) is 0 Å². The monoisotopic (exact) mass is 306 g/mol. The van der Waals surface area contributed by atoms with Gasteiger partial charge in [-0.15, -0.1) is 0 Å². The second-order valence-electron chi connectivity index (χ2n) is 5.07. The van der Waals surface area contributed by atoms with Crippen LogP contribution >= 0.6 is 0 Å². The Morgan fingerprint density at radius 2 is 2.00 bits per heavy atom. The fourth-order valence-electron chi connectivity index (χ4n) is 2.43. The summed E-state index contributed by atoms with van der Waals surface area (Å²) < 4.78 is 24.3. The lowest BCUT2D eigenvalue weighted by Gasteiger charge is -2.38. The van der Waals surface area contributed by atoms with Crippen LogP contribution in [0.3, 0.4) is 0 Å². The molecule has 8 heteroatoms. The number of rotatable bonds is 5. The molecule has 0 spiro atoms. The zero-order valence-corrected chi connectivity index (χ0v) is 12.9. The van der Waals surface area contributed by atoms with Gasteiger partial charge in [0.25, 0.3) is 0 Å². The van der Waals surface area contributed by atoms with E-state index in [1.165, 1.54) is 18.9 Å². The number of carboxylic acid groups (broad SMARTS) is 1. The van der Waals surface area contributed by atoms with E-state index < -0.39 is 28.0 Å². The first-order chi connectivity index (χ1) is 9.20. The lowest BCUT2D eigenvalue weighted by atomic mass is 9.90. The summed E-state index contributed by atoms with van der Waals surface area (Å²) in [5.41, 5.74) is 0. The maximum atomic E-state index is 12.2. The van der Waals surface area contributed by atoms with Crippen LogP contribution < -0.4 is 0 Å². The molecule has 0 aromatic carbocycles. The van der Waals surface area contributed by atoms with Crippen molar-refractivity contribution in [3.63, 3.8) is 0 Å². The Bertz CT molecular complexity index is 476. The first kappa shape index (κ1) is 16.9. The predicted octanol–water partition coefficient (Wildman–Crippen LogP) is -0.0204. The van der Waals surface area contributed by atoms with Gasteiger partial charge in [0.05, 0.1) is 18.2 Å². The van der Waals surface area contributed by atoms with Crippen molar-refractivity contribution in [1.82, 2.24) is 9.21 Å². The van der Waals surface area contributed by atoms with Crippen LogP contribution in [0.1, 0.15) is 26.7 Å². The number of carboxylic acids is 1. The van der Waals surface area contributed by atoms with Crippen LogP contribution in [-0.2, 0) is 19.6 Å². The second kappa shape index (κ2) is 6.53. The molecule has 1 heterocycles. The molecule has 0 unspecified atom stereocenters. The Labute approximate surface area is 119 Å². The highest BCUT2D eigenvalue weighted by Gasteiger charge is 2.36. The van der Waals surface area contributed by atoms with Gasteiger partial charge in [0, 0.05) is 19.6 Å². The van der Waals surface area contributed by atoms with Crippen molar-refractivity contribution in [1.29, 1.82) is 0 Å². The molecule has 1 fully saturated rings. The van der Waals surface area contributed by atoms with Crippen molar-refractivity contribution >= 4 is 21.9 Å². The molecule has 0 aromatic heterocycles. The fraction of sp³-hybridized carbons (Fsp3) is 0.833. The third-order valence-electron chi connectivity index (χ3n) is 3.82. The van der Waals surface area contributed by atoms with E-state index in [9.17, 15) is 18.0 Å². The molecular weight excluding hydrogens is 284 g/mol. The molecule has 1 aliphatic rings. The van der Waals surface area contributed by atoms with Crippen LogP contribution in [0.2, 0.25) is 0 Å². The Kier molecular flexibility index (Phi) is 5.52. The van der Waals surface area contributed by atoms with Gasteiger partial charge in [-0.2, -0.15) is 4.31 Å². The number of piperidine rings is 1. The van der Waals surface area contributed by atoms with E-state index >= 15 is 0 Å². The molecule has 1 saturated heterocycles. The topological polar surface area (TPSA) is 95.0 Å². The zero-order chi connectivity index (χ0) is 15.5. The third kappa shape index (κ3) is 3.69. The molecule has 20 heavy (non-hydrogen) atoms. The molecule has 116 valence electrons. The minimum Gasteiger partial charge on any atom is -0.481 e. The average molecular weight is 306 g/mol. The van der Waals surface area contributed by atoms with Gasteiger partial charge >= 0.3 is 5.97 Å². The second-order valence-corrected chi connectivity index (χ2v) is 7.44. The molecule has 0 bridgehead atoms. The van der Waals surface area contributed by atoms with Gasteiger partial charge in [-0.1, -0.05) is 0 Å². The smallest absolute Gasteiger partial charge is 0.308 e. The maximum Gasteiger partial charge on any atom is 0.308 e. The number of likely N-dealkylation sites (N-methyl/N-ethyl adjacent to an activating group) is 1. The molecule has 2 atom stereocenters. The number of sulfonamides is 1. The standard InChI is InChI=1S/C12H22N2O5S/c1-4-20(18,19)13(3)8-11(15)14-7-5-6-10(9(14)2)12(16)17/h9-10H,4-8H2,1-3H3,(H,16,17)/t9-,10-/m0/s1. The molecule has 1 rings (SSSR count). The summed E-state index contributed by atoms with van der Waals surface area (Å²) in [6.45, 7) is 3.45. The van der Waals surface area contributed by atoms with Crippen LogP contribution in [0, 0.1) is 5.92 Å². The number of hydrogen-bond acceptors (Lipinski definition) is 4. The van der Waals surface area contributed by atoms with Gasteiger partial charge in [-0.25, -0.2) is 8.42 Å². The number of aliphatic carboxylic acids is 1. The van der Waals surface area contributed by atoms with E-state index in [-0.39, 0.29) is 18.2 Å². The average Bonchev–Trinajstić information content (AvgIpc) is 2.38. The van der Waals surface area contributed by atoms with Crippen molar-refractivity contribution in [2.24, 2.45) is 5.92 Å². The van der Waals surface area contributed by atoms with E-state index in [4.69, 9.17) is 5.11 Å². The van der Waals surface area contributed by atoms with Crippen molar-refractivity contribution < 1.29 is 23.1 Å². The Hall–Kier alpha value is -1.15. The summed E-state index contributed by atoms with van der Waals surface area (Å²) in [6.07, 6.45) is 1.17. The van der Waals surface area contributed by atoms with Gasteiger partial charge in [-0.05, 0) is 26.7 Å². The first-order valence-electron chi connectivity index (χ1n) is 6.67. The van der Waals surface area contributed by atoms with E-state index in [1.54, 1.807) is 6.92 Å². The summed E-state index contributed by atoms with van der Waals surface area (Å²) >= 11 is 0. The molecule has 0 radical (unpaired) electrons. The molecule has 0 aliphatic carbocycles. The Morgan fingerprint density at radius 3 is 2.50 bits per heavy atom. The summed E-state index contributed by atoms with van der Waals surface area (Å²) in [4.78, 5) is 24.8. The number of amides is 1. The highest BCUT2D eigenvalue weighted by atomic mass is 32.2. The molecule has 7 nitrogen and oxygen atoms in total. The Morgan fingerprint density at radius 1 is 1.40 bits per heavy atom. The van der Waals surface area contributed by atoms with Crippen LogP contribution in [0.4, 0.5) is 0 Å². The van der Waals surface area contributed by atoms with Crippen LogP contribution in [0.15, 0.2) is 0 Å². The SMILES string of the molecule is CCS(=O)(=O)N(C)CC(=O)N1CCC[C@H](C(=O)O)[C@@H]1C. The van der Waals surface area contributed by atoms with Crippen LogP contribution in [0.25, 0.3) is 0 Å². The largest absolute Gasteiger partial charge is 0.481 e. The van der Waals surface area contributed by atoms with E-state index in [2.05, 4.69) is 0 Å². The van der Waals surface area contributed by atoms with Gasteiger partial charge < -0.3 is 10.0 Å². The highest BCUT2D eigenvalue weighted by Crippen LogP contribution is 2.24. The third-order valence-corrected chi connectivity index (χ3v) is 5.63. The number of carbonyl (C=O) groups is 2. The zero-order valence-electron chi connectivity index (χ0n) is 12.1. The summed E-state index contributed by atoms with van der Waals surface area (Å²) in [5.74, 6) is -1.90. The number of carbonyl (C=O) groups excluding carboxylic acids is 1. The maximum absolute atomic E-state index is 12.2. The highest BCUT2D eigenvalue weighted by molar-refractivity contribution is 7.89. The Balaban J connectivity index is 2.74. The first-order valence-corrected chi connectivity index (χ1v) is 8.28. The van der Waals surface area contributed by atoms with Crippen molar-refractivity contribution in [2.75, 3.05) is 25.9 Å². The molecule has 0 aromatic rings. The normalized spacial score (nSPS) is 23.9. The molecule has 1 N–H and O–H groups in total. The van der Waals surface area contributed by atoms with Gasteiger partial charge in [0.15, 0.2) is 0 Å². The fourth-order valence-corrected chi connectivity index (χ4v) is 3.17. The van der Waals surface area contributed by atoms with Gasteiger partial charge in [0.2, 0.25) is 15.9 Å². The van der Waals surface area contributed by atoms with Crippen molar-refractivity contribution in [3.8, 4) is 0 Å². The number of hydrogen-bond donors (Lipinski definition) is 1. The lowest BCUT2D eigenvalue weighted by molar-refractivity contribution is -0.149. The summed E-state index contributed by atoms with van der Waals surface area (Å²) in [5, 5.41) is 9.11. The quantitative estimate of drug-likeness (QED) is 0.770. The minimum absolute atomic E-state index is 0.0654. The number of nitrogens with zero attached hydrogens (tertiary/aromatic N) is 2. The van der Waals surface area contributed by atoms with E-state index in [0.29, 0.717) is 19.4 Å². The van der Waals surface area contributed by atoms with Crippen LogP contribution in [-0.4, -0.2) is 66.5 Å². The van der Waals surface area contributed by atoms with Gasteiger partial charge in [-0.3, -0.25) is 9.59 Å². The molecule has 1 aliphatic heterocycles. The molecular formula is C12H22N2O5S. The summed E-state index contributed by atoms with van der Waals surface area (Å²) in [7, 11) is -2.05.